The molecule has 17 heavy (non-hydrogen) atoms. The van der Waals surface area contributed by atoms with Crippen LogP contribution in [0.15, 0.2) is 12.4 Å². The standard InChI is InChI=1S/C10H14N4O2.ClH/c15-14(16)10-5-11-13(6-10)9-3-7-1-2-8(4-9)12-7;/h5-9,12H,1-4H2;1H/t7-,8?,9?;/m0./s1. The summed E-state index contributed by atoms with van der Waals surface area (Å²) in [6.45, 7) is 0. The van der Waals surface area contributed by atoms with Crippen molar-refractivity contribution in [3.05, 3.63) is 22.5 Å². The first-order valence-electron chi connectivity index (χ1n) is 5.67. The van der Waals surface area contributed by atoms with Crippen molar-refractivity contribution in [2.45, 2.75) is 43.8 Å². The Morgan fingerprint density at radius 1 is 1.41 bits per heavy atom. The van der Waals surface area contributed by atoms with Gasteiger partial charge in [0, 0.05) is 12.1 Å². The fraction of sp³-hybridized carbons (Fsp3) is 0.700. The summed E-state index contributed by atoms with van der Waals surface area (Å²) in [7, 11) is 0. The summed E-state index contributed by atoms with van der Waals surface area (Å²) < 4.78 is 1.77. The minimum absolute atomic E-state index is 0. The van der Waals surface area contributed by atoms with Crippen molar-refractivity contribution >= 4 is 18.1 Å². The largest absolute Gasteiger partial charge is 0.311 e. The summed E-state index contributed by atoms with van der Waals surface area (Å²) in [4.78, 5) is 10.2. The maximum Gasteiger partial charge on any atom is 0.307 e. The lowest BCUT2D eigenvalue weighted by Crippen LogP contribution is -2.38. The van der Waals surface area contributed by atoms with Gasteiger partial charge in [-0.15, -0.1) is 12.4 Å². The Morgan fingerprint density at radius 2 is 2.06 bits per heavy atom. The van der Waals surface area contributed by atoms with Gasteiger partial charge >= 0.3 is 5.69 Å². The van der Waals surface area contributed by atoms with Crippen molar-refractivity contribution in [1.29, 1.82) is 0 Å². The molecule has 2 bridgehead atoms. The number of rotatable bonds is 2. The second kappa shape index (κ2) is 4.62. The first-order chi connectivity index (χ1) is 7.72. The third kappa shape index (κ3) is 2.28. The SMILES string of the molecule is Cl.O=[N+]([O-])c1cnn(C2CC3CC[C@@H](C2)N3)c1. The molecule has 3 atom stereocenters. The number of hydrogen-bond acceptors (Lipinski definition) is 4. The second-order valence-electron chi connectivity index (χ2n) is 4.70. The average molecular weight is 259 g/mol. The molecule has 2 aliphatic rings. The molecule has 0 aliphatic carbocycles. The van der Waals surface area contributed by atoms with E-state index in [1.54, 1.807) is 10.9 Å². The van der Waals surface area contributed by atoms with Crippen molar-refractivity contribution in [1.82, 2.24) is 15.1 Å². The molecular weight excluding hydrogens is 244 g/mol. The van der Waals surface area contributed by atoms with E-state index in [9.17, 15) is 10.1 Å². The Balaban J connectivity index is 0.00000108. The topological polar surface area (TPSA) is 73.0 Å². The van der Waals surface area contributed by atoms with E-state index < -0.39 is 0 Å². The number of fused-ring (bicyclic) bond motifs is 2. The molecule has 1 N–H and O–H groups in total. The van der Waals surface area contributed by atoms with Crippen LogP contribution < -0.4 is 5.32 Å². The first-order valence-corrected chi connectivity index (χ1v) is 5.67. The summed E-state index contributed by atoms with van der Waals surface area (Å²) in [6, 6.07) is 1.48. The van der Waals surface area contributed by atoms with E-state index in [-0.39, 0.29) is 23.0 Å². The van der Waals surface area contributed by atoms with Gasteiger partial charge in [-0.25, -0.2) is 0 Å². The molecule has 0 saturated carbocycles. The van der Waals surface area contributed by atoms with Crippen LogP contribution in [0.25, 0.3) is 0 Å². The third-order valence-corrected chi connectivity index (χ3v) is 3.62. The fourth-order valence-corrected chi connectivity index (χ4v) is 2.87. The van der Waals surface area contributed by atoms with Gasteiger partial charge in [0.15, 0.2) is 0 Å². The predicted octanol–water partition coefficient (Wildman–Crippen LogP) is 1.67. The molecule has 2 unspecified atom stereocenters. The zero-order valence-electron chi connectivity index (χ0n) is 9.28. The average Bonchev–Trinajstić information content (AvgIpc) is 2.85. The molecule has 0 aromatic carbocycles. The van der Waals surface area contributed by atoms with Crippen molar-refractivity contribution in [2.24, 2.45) is 0 Å². The molecule has 6 nitrogen and oxygen atoms in total. The lowest BCUT2D eigenvalue weighted by molar-refractivity contribution is -0.385. The summed E-state index contributed by atoms with van der Waals surface area (Å²) in [5.41, 5.74) is 0.0888. The molecule has 2 fully saturated rings. The summed E-state index contributed by atoms with van der Waals surface area (Å²) in [5.74, 6) is 0. The minimum atomic E-state index is -0.390. The third-order valence-electron chi connectivity index (χ3n) is 3.62. The van der Waals surface area contributed by atoms with Crippen LogP contribution in [0.3, 0.4) is 0 Å². The van der Waals surface area contributed by atoms with Crippen LogP contribution >= 0.6 is 12.4 Å². The predicted molar refractivity (Wildman–Crippen MR) is 64.3 cm³/mol. The van der Waals surface area contributed by atoms with E-state index in [1.165, 1.54) is 19.0 Å². The molecule has 0 radical (unpaired) electrons. The number of nitrogens with zero attached hydrogens (tertiary/aromatic N) is 3. The molecule has 7 heteroatoms. The van der Waals surface area contributed by atoms with Gasteiger partial charge in [-0.05, 0) is 25.7 Å². The van der Waals surface area contributed by atoms with Gasteiger partial charge in [0.05, 0.1) is 11.0 Å². The van der Waals surface area contributed by atoms with E-state index in [0.717, 1.165) is 12.8 Å². The number of hydrogen-bond donors (Lipinski definition) is 1. The maximum absolute atomic E-state index is 10.6. The maximum atomic E-state index is 10.6. The Morgan fingerprint density at radius 3 is 2.59 bits per heavy atom. The first kappa shape index (κ1) is 12.3. The second-order valence-corrected chi connectivity index (χ2v) is 4.70. The lowest BCUT2D eigenvalue weighted by atomic mass is 10.0. The number of nitrogens with one attached hydrogen (secondary N) is 1. The van der Waals surface area contributed by atoms with Crippen molar-refractivity contribution in [3.8, 4) is 0 Å². The Kier molecular flexibility index (Phi) is 3.35. The van der Waals surface area contributed by atoms with Gasteiger partial charge in [0.1, 0.15) is 12.4 Å². The van der Waals surface area contributed by atoms with E-state index >= 15 is 0 Å². The normalized spacial score (nSPS) is 30.9. The Labute approximate surface area is 105 Å². The molecule has 1 aromatic rings. The molecule has 3 heterocycles. The van der Waals surface area contributed by atoms with Crippen molar-refractivity contribution in [3.63, 3.8) is 0 Å². The zero-order chi connectivity index (χ0) is 11.1. The summed E-state index contributed by atoms with van der Waals surface area (Å²) in [5, 5.41) is 18.2. The van der Waals surface area contributed by atoms with Crippen LogP contribution in [0.5, 0.6) is 0 Å². The van der Waals surface area contributed by atoms with Crippen molar-refractivity contribution in [2.75, 3.05) is 0 Å². The van der Waals surface area contributed by atoms with Crippen LogP contribution in [0.4, 0.5) is 5.69 Å². The highest BCUT2D eigenvalue weighted by Crippen LogP contribution is 2.33. The van der Waals surface area contributed by atoms with Gasteiger partial charge in [-0.2, -0.15) is 5.10 Å². The fourth-order valence-electron chi connectivity index (χ4n) is 2.87. The highest BCUT2D eigenvalue weighted by Gasteiger charge is 2.34. The van der Waals surface area contributed by atoms with E-state index in [2.05, 4.69) is 10.4 Å². The van der Waals surface area contributed by atoms with Crippen LogP contribution in [0, 0.1) is 10.1 Å². The molecule has 2 aliphatic heterocycles. The number of aromatic nitrogens is 2. The van der Waals surface area contributed by atoms with E-state index in [4.69, 9.17) is 0 Å². The highest BCUT2D eigenvalue weighted by molar-refractivity contribution is 5.85. The van der Waals surface area contributed by atoms with Crippen molar-refractivity contribution < 1.29 is 4.92 Å². The molecular formula is C10H15ClN4O2. The van der Waals surface area contributed by atoms with Gasteiger partial charge in [0.25, 0.3) is 0 Å². The van der Waals surface area contributed by atoms with Gasteiger partial charge in [0.2, 0.25) is 0 Å². The molecule has 0 amide bonds. The number of nitro groups is 1. The lowest BCUT2D eigenvalue weighted by Gasteiger charge is -2.28. The smallest absolute Gasteiger partial charge is 0.307 e. The van der Waals surface area contributed by atoms with Crippen LogP contribution in [0.2, 0.25) is 0 Å². The number of piperidine rings is 1. The monoisotopic (exact) mass is 258 g/mol. The van der Waals surface area contributed by atoms with Crippen LogP contribution in [0.1, 0.15) is 31.7 Å². The summed E-state index contributed by atoms with van der Waals surface area (Å²) >= 11 is 0. The van der Waals surface area contributed by atoms with Gasteiger partial charge in [-0.3, -0.25) is 14.8 Å². The quantitative estimate of drug-likeness (QED) is 0.647. The highest BCUT2D eigenvalue weighted by atomic mass is 35.5. The van der Waals surface area contributed by atoms with E-state index in [0.29, 0.717) is 18.1 Å². The summed E-state index contributed by atoms with van der Waals surface area (Å²) in [6.07, 6.45) is 7.42. The Hall–Kier alpha value is -1.14. The molecule has 3 rings (SSSR count). The van der Waals surface area contributed by atoms with Crippen LogP contribution in [-0.2, 0) is 0 Å². The molecule has 2 saturated heterocycles. The Bertz CT molecular complexity index is 410. The number of halogens is 1. The van der Waals surface area contributed by atoms with E-state index in [1.807, 2.05) is 0 Å². The van der Waals surface area contributed by atoms with Gasteiger partial charge in [-0.1, -0.05) is 0 Å². The van der Waals surface area contributed by atoms with Gasteiger partial charge < -0.3 is 5.32 Å². The molecule has 94 valence electrons. The molecule has 1 aromatic heterocycles. The zero-order valence-corrected chi connectivity index (χ0v) is 10.1. The van der Waals surface area contributed by atoms with Crippen LogP contribution in [-0.4, -0.2) is 26.8 Å². The molecule has 0 spiro atoms. The minimum Gasteiger partial charge on any atom is -0.311 e.